The van der Waals surface area contributed by atoms with Crippen molar-refractivity contribution in [3.8, 4) is 0 Å². The SMILES string of the molecule is CCNCc1cccc(NC(=O)CCn2cc([N+](=O)[O-])nc2C)c1.Cl. The van der Waals surface area contributed by atoms with Gasteiger partial charge in [-0.1, -0.05) is 19.1 Å². The zero-order valence-corrected chi connectivity index (χ0v) is 15.0. The Balaban J connectivity index is 0.00000312. The number of rotatable bonds is 8. The van der Waals surface area contributed by atoms with Gasteiger partial charge in [-0.05, 0) is 34.1 Å². The van der Waals surface area contributed by atoms with Crippen LogP contribution in [-0.2, 0) is 17.9 Å². The van der Waals surface area contributed by atoms with Crippen LogP contribution in [0.15, 0.2) is 30.5 Å². The molecule has 0 aliphatic heterocycles. The molecule has 1 aromatic carbocycles. The largest absolute Gasteiger partial charge is 0.381 e. The first-order chi connectivity index (χ1) is 11.5. The molecule has 1 aromatic heterocycles. The molecule has 1 heterocycles. The van der Waals surface area contributed by atoms with Crippen molar-refractivity contribution in [2.45, 2.75) is 33.4 Å². The summed E-state index contributed by atoms with van der Waals surface area (Å²) in [5, 5.41) is 16.8. The number of nitro groups is 1. The normalized spacial score (nSPS) is 10.2. The second-order valence-electron chi connectivity index (χ2n) is 5.38. The van der Waals surface area contributed by atoms with Crippen molar-refractivity contribution >= 4 is 29.8 Å². The van der Waals surface area contributed by atoms with Crippen molar-refractivity contribution in [2.75, 3.05) is 11.9 Å². The molecule has 9 heteroatoms. The van der Waals surface area contributed by atoms with Crippen molar-refractivity contribution < 1.29 is 9.72 Å². The number of benzene rings is 1. The number of carbonyl (C=O) groups is 1. The van der Waals surface area contributed by atoms with Crippen LogP contribution in [0.3, 0.4) is 0 Å². The molecule has 0 aliphatic carbocycles. The van der Waals surface area contributed by atoms with Crippen LogP contribution in [0.2, 0.25) is 0 Å². The minimum Gasteiger partial charge on any atom is -0.358 e. The molecule has 0 saturated carbocycles. The molecule has 2 rings (SSSR count). The first kappa shape index (κ1) is 20.6. The number of carbonyl (C=O) groups excluding carboxylic acids is 1. The number of aryl methyl sites for hydroxylation is 2. The topological polar surface area (TPSA) is 102 Å². The maximum Gasteiger partial charge on any atom is 0.381 e. The van der Waals surface area contributed by atoms with Crippen molar-refractivity contribution in [1.29, 1.82) is 0 Å². The molecule has 25 heavy (non-hydrogen) atoms. The van der Waals surface area contributed by atoms with Crippen LogP contribution in [-0.4, -0.2) is 26.9 Å². The van der Waals surface area contributed by atoms with Crippen LogP contribution in [0.1, 0.15) is 24.7 Å². The molecule has 0 saturated heterocycles. The fraction of sp³-hybridized carbons (Fsp3) is 0.375. The standard InChI is InChI=1S/C16H21N5O3.ClH/c1-3-17-10-13-5-4-6-14(9-13)19-16(22)7-8-20-11-15(21(23)24)18-12(20)2;/h4-6,9,11,17H,3,7-8,10H2,1-2H3,(H,19,22);1H. The van der Waals surface area contributed by atoms with Gasteiger partial charge in [-0.15, -0.1) is 12.4 Å². The predicted octanol–water partition coefficient (Wildman–Crippen LogP) is 2.66. The zero-order valence-electron chi connectivity index (χ0n) is 14.2. The van der Waals surface area contributed by atoms with Crippen LogP contribution >= 0.6 is 12.4 Å². The lowest BCUT2D eigenvalue weighted by Crippen LogP contribution is -2.15. The fourth-order valence-corrected chi connectivity index (χ4v) is 2.28. The second-order valence-corrected chi connectivity index (χ2v) is 5.38. The lowest BCUT2D eigenvalue weighted by Gasteiger charge is -2.08. The van der Waals surface area contributed by atoms with E-state index in [-0.39, 0.29) is 30.6 Å². The molecular formula is C16H22ClN5O3. The van der Waals surface area contributed by atoms with Gasteiger partial charge in [0.05, 0.1) is 0 Å². The van der Waals surface area contributed by atoms with Crippen LogP contribution in [0, 0.1) is 17.0 Å². The first-order valence-electron chi connectivity index (χ1n) is 7.77. The lowest BCUT2D eigenvalue weighted by molar-refractivity contribution is -0.389. The van der Waals surface area contributed by atoms with Gasteiger partial charge in [0.25, 0.3) is 0 Å². The number of hydrogen-bond acceptors (Lipinski definition) is 5. The molecule has 8 nitrogen and oxygen atoms in total. The van der Waals surface area contributed by atoms with Gasteiger partial charge in [0.2, 0.25) is 11.7 Å². The molecule has 0 radical (unpaired) electrons. The van der Waals surface area contributed by atoms with E-state index in [2.05, 4.69) is 15.6 Å². The highest BCUT2D eigenvalue weighted by Crippen LogP contribution is 2.13. The lowest BCUT2D eigenvalue weighted by atomic mass is 10.2. The molecule has 0 aliphatic rings. The highest BCUT2D eigenvalue weighted by Gasteiger charge is 2.15. The Morgan fingerprint density at radius 2 is 2.16 bits per heavy atom. The van der Waals surface area contributed by atoms with Crippen LogP contribution in [0.4, 0.5) is 11.5 Å². The molecule has 0 bridgehead atoms. The average molecular weight is 368 g/mol. The third-order valence-electron chi connectivity index (χ3n) is 3.52. The molecule has 136 valence electrons. The van der Waals surface area contributed by atoms with Gasteiger partial charge < -0.3 is 25.3 Å². The number of imidazole rings is 1. The maximum atomic E-state index is 12.1. The summed E-state index contributed by atoms with van der Waals surface area (Å²) in [6.07, 6.45) is 1.56. The Morgan fingerprint density at radius 1 is 1.40 bits per heavy atom. The van der Waals surface area contributed by atoms with E-state index in [1.807, 2.05) is 31.2 Å². The second kappa shape index (κ2) is 9.75. The summed E-state index contributed by atoms with van der Waals surface area (Å²) in [5.74, 6) is 0.164. The maximum absolute atomic E-state index is 12.1. The summed E-state index contributed by atoms with van der Waals surface area (Å²) in [6.45, 7) is 5.68. The van der Waals surface area contributed by atoms with Gasteiger partial charge in [-0.25, -0.2) is 0 Å². The Bertz CT molecular complexity index is 732. The van der Waals surface area contributed by atoms with Gasteiger partial charge in [0.1, 0.15) is 6.20 Å². The smallest absolute Gasteiger partial charge is 0.358 e. The molecule has 2 aromatic rings. The predicted molar refractivity (Wildman–Crippen MR) is 97.9 cm³/mol. The number of hydrogen-bond donors (Lipinski definition) is 2. The molecule has 0 fully saturated rings. The van der Waals surface area contributed by atoms with Gasteiger partial charge >= 0.3 is 5.82 Å². The first-order valence-corrected chi connectivity index (χ1v) is 7.77. The van der Waals surface area contributed by atoms with E-state index < -0.39 is 4.92 Å². The third-order valence-corrected chi connectivity index (χ3v) is 3.52. The van der Waals surface area contributed by atoms with Crippen LogP contribution < -0.4 is 10.6 Å². The van der Waals surface area contributed by atoms with Crippen molar-refractivity contribution in [2.24, 2.45) is 0 Å². The van der Waals surface area contributed by atoms with Gasteiger partial charge in [-0.3, -0.25) is 4.79 Å². The molecule has 0 spiro atoms. The van der Waals surface area contributed by atoms with Crippen molar-refractivity contribution in [1.82, 2.24) is 14.9 Å². The molecule has 0 unspecified atom stereocenters. The van der Waals surface area contributed by atoms with E-state index in [1.54, 1.807) is 11.5 Å². The Labute approximate surface area is 152 Å². The third kappa shape index (κ3) is 6.17. The molecule has 0 atom stereocenters. The summed E-state index contributed by atoms with van der Waals surface area (Å²) in [5.41, 5.74) is 1.83. The van der Waals surface area contributed by atoms with Gasteiger partial charge in [0, 0.05) is 32.1 Å². The highest BCUT2D eigenvalue weighted by molar-refractivity contribution is 5.90. The number of halogens is 1. The van der Waals surface area contributed by atoms with Gasteiger partial charge in [0.15, 0.2) is 0 Å². The summed E-state index contributed by atoms with van der Waals surface area (Å²) >= 11 is 0. The summed E-state index contributed by atoms with van der Waals surface area (Å²) in [4.78, 5) is 26.1. The molecule has 1 amide bonds. The summed E-state index contributed by atoms with van der Waals surface area (Å²) in [6, 6.07) is 7.65. The average Bonchev–Trinajstić information content (AvgIpc) is 2.93. The van der Waals surface area contributed by atoms with Crippen LogP contribution in [0.25, 0.3) is 0 Å². The van der Waals surface area contributed by atoms with E-state index in [1.165, 1.54) is 6.20 Å². The number of aromatic nitrogens is 2. The fourth-order valence-electron chi connectivity index (χ4n) is 2.28. The van der Waals surface area contributed by atoms with Crippen molar-refractivity contribution in [3.63, 3.8) is 0 Å². The molecule has 2 N–H and O–H groups in total. The molecular weight excluding hydrogens is 346 g/mol. The minimum absolute atomic E-state index is 0. The number of nitrogens with zero attached hydrogens (tertiary/aromatic N) is 3. The Morgan fingerprint density at radius 3 is 2.80 bits per heavy atom. The van der Waals surface area contributed by atoms with Crippen LogP contribution in [0.5, 0.6) is 0 Å². The minimum atomic E-state index is -0.542. The zero-order chi connectivity index (χ0) is 17.5. The number of nitrogens with one attached hydrogen (secondary N) is 2. The monoisotopic (exact) mass is 367 g/mol. The van der Waals surface area contributed by atoms with Gasteiger partial charge in [-0.2, -0.15) is 0 Å². The quantitative estimate of drug-likeness (QED) is 0.551. The van der Waals surface area contributed by atoms with Crippen molar-refractivity contribution in [3.05, 3.63) is 52.0 Å². The summed E-state index contributed by atoms with van der Waals surface area (Å²) < 4.78 is 1.61. The highest BCUT2D eigenvalue weighted by atomic mass is 35.5. The van der Waals surface area contributed by atoms with E-state index in [9.17, 15) is 14.9 Å². The Hall–Kier alpha value is -2.45. The number of anilines is 1. The van der Waals surface area contributed by atoms with E-state index in [0.29, 0.717) is 12.4 Å². The number of amides is 1. The van der Waals surface area contributed by atoms with E-state index in [4.69, 9.17) is 0 Å². The van der Waals surface area contributed by atoms with E-state index in [0.717, 1.165) is 24.3 Å². The Kier molecular flexibility index (Phi) is 8.03. The summed E-state index contributed by atoms with van der Waals surface area (Å²) in [7, 11) is 0. The van der Waals surface area contributed by atoms with E-state index >= 15 is 0 Å².